The summed E-state index contributed by atoms with van der Waals surface area (Å²) in [7, 11) is -1.35. The molecule has 0 radical (unpaired) electrons. The van der Waals surface area contributed by atoms with Crippen LogP contribution in [0.15, 0.2) is 0 Å². The second-order valence-corrected chi connectivity index (χ2v) is 9.01. The summed E-state index contributed by atoms with van der Waals surface area (Å²) in [4.78, 5) is 10.9. The first-order valence-corrected chi connectivity index (χ1v) is 8.15. The van der Waals surface area contributed by atoms with E-state index in [2.05, 4.69) is 31.1 Å². The third-order valence-electron chi connectivity index (χ3n) is 1.06. The molecule has 3 nitrogen and oxygen atoms in total. The van der Waals surface area contributed by atoms with E-state index < -0.39 is 14.2 Å². The lowest BCUT2D eigenvalue weighted by molar-refractivity contribution is 0.0425. The van der Waals surface area contributed by atoms with Crippen LogP contribution in [0.25, 0.3) is 0 Å². The van der Waals surface area contributed by atoms with Gasteiger partial charge >= 0.3 is 6.16 Å². The van der Waals surface area contributed by atoms with E-state index in [9.17, 15) is 4.79 Å². The van der Waals surface area contributed by atoms with Gasteiger partial charge in [0.25, 0.3) is 0 Å². The molecule has 0 bridgehead atoms. The van der Waals surface area contributed by atoms with E-state index in [1.165, 1.54) is 0 Å². The Labute approximate surface area is 86.8 Å². The molecule has 0 aliphatic heterocycles. The van der Waals surface area contributed by atoms with Gasteiger partial charge in [-0.25, -0.2) is 4.79 Å². The molecule has 0 fully saturated rings. The molecule has 0 amide bonds. The van der Waals surface area contributed by atoms with E-state index >= 15 is 0 Å². The smallest absolute Gasteiger partial charge is 0.432 e. The van der Waals surface area contributed by atoms with Crippen LogP contribution in [0.3, 0.4) is 0 Å². The highest BCUT2D eigenvalue weighted by Crippen LogP contribution is 1.96. The second-order valence-electron chi connectivity index (χ2n) is 4.26. The Bertz CT molecular complexity index is 242. The molecule has 0 saturated heterocycles. The lowest BCUT2D eigenvalue weighted by atomic mass is 10.5. The van der Waals surface area contributed by atoms with Crippen LogP contribution in [0.5, 0.6) is 0 Å². The standard InChI is InChI=1S/C10H18O3Si/c1-9(2)13-10(11)12-7-6-8-14(3,4)5/h9H,7H2,1-5H3. The lowest BCUT2D eigenvalue weighted by Crippen LogP contribution is -2.17. The zero-order valence-electron chi connectivity index (χ0n) is 9.51. The molecule has 0 unspecified atom stereocenters. The SMILES string of the molecule is CC(C)OC(=O)OCC#C[Si](C)(C)C. The Morgan fingerprint density at radius 1 is 1.36 bits per heavy atom. The Kier molecular flexibility index (Phi) is 5.32. The maximum absolute atomic E-state index is 10.9. The van der Waals surface area contributed by atoms with Crippen LogP contribution in [-0.2, 0) is 9.47 Å². The molecular weight excluding hydrogens is 196 g/mol. The monoisotopic (exact) mass is 214 g/mol. The van der Waals surface area contributed by atoms with Crippen molar-refractivity contribution >= 4 is 14.2 Å². The summed E-state index contributed by atoms with van der Waals surface area (Å²) in [6.07, 6.45) is -0.794. The van der Waals surface area contributed by atoms with Crippen LogP contribution < -0.4 is 0 Å². The van der Waals surface area contributed by atoms with Crippen molar-refractivity contribution in [3.63, 3.8) is 0 Å². The first-order valence-electron chi connectivity index (χ1n) is 4.65. The number of rotatable bonds is 2. The molecule has 0 saturated carbocycles. The van der Waals surface area contributed by atoms with Crippen LogP contribution in [0.4, 0.5) is 4.79 Å². The van der Waals surface area contributed by atoms with E-state index in [1.54, 1.807) is 13.8 Å². The summed E-state index contributed by atoms with van der Waals surface area (Å²) in [6.45, 7) is 10.1. The third-order valence-corrected chi connectivity index (χ3v) is 1.98. The molecule has 14 heavy (non-hydrogen) atoms. The second kappa shape index (κ2) is 5.71. The molecule has 0 aromatic rings. The van der Waals surface area contributed by atoms with Crippen molar-refractivity contribution in [1.82, 2.24) is 0 Å². The average Bonchev–Trinajstić information content (AvgIpc) is 1.95. The minimum Gasteiger partial charge on any atom is -0.432 e. The lowest BCUT2D eigenvalue weighted by Gasteiger charge is -2.06. The first-order chi connectivity index (χ1) is 6.31. The fourth-order valence-electron chi connectivity index (χ4n) is 0.623. The van der Waals surface area contributed by atoms with Crippen LogP contribution in [-0.4, -0.2) is 26.9 Å². The fourth-order valence-corrected chi connectivity index (χ4v) is 1.23. The van der Waals surface area contributed by atoms with Gasteiger partial charge in [-0.3, -0.25) is 0 Å². The normalized spacial score (nSPS) is 10.4. The number of hydrogen-bond donors (Lipinski definition) is 0. The van der Waals surface area contributed by atoms with Crippen molar-refractivity contribution in [3.05, 3.63) is 0 Å². The van der Waals surface area contributed by atoms with Crippen LogP contribution in [0.2, 0.25) is 19.6 Å². The van der Waals surface area contributed by atoms with Gasteiger partial charge in [0.1, 0.15) is 8.07 Å². The minimum absolute atomic E-state index is 0.121. The fraction of sp³-hybridized carbons (Fsp3) is 0.700. The molecule has 0 N–H and O–H groups in total. The molecule has 0 aliphatic rings. The van der Waals surface area contributed by atoms with Gasteiger partial charge in [-0.1, -0.05) is 25.6 Å². The maximum atomic E-state index is 10.9. The Morgan fingerprint density at radius 2 is 1.93 bits per heavy atom. The molecule has 0 heterocycles. The summed E-state index contributed by atoms with van der Waals surface area (Å²) >= 11 is 0. The van der Waals surface area contributed by atoms with E-state index in [0.29, 0.717) is 0 Å². The van der Waals surface area contributed by atoms with Gasteiger partial charge < -0.3 is 9.47 Å². The minimum atomic E-state index is -1.35. The van der Waals surface area contributed by atoms with Crippen LogP contribution in [0.1, 0.15) is 13.8 Å². The Hall–Kier alpha value is -0.953. The van der Waals surface area contributed by atoms with Crippen molar-refractivity contribution in [2.24, 2.45) is 0 Å². The molecule has 0 atom stereocenters. The highest BCUT2D eigenvalue weighted by Gasteiger charge is 2.08. The topological polar surface area (TPSA) is 35.5 Å². The first kappa shape index (κ1) is 13.0. The summed E-state index contributed by atoms with van der Waals surface area (Å²) < 4.78 is 9.50. The molecule has 0 rings (SSSR count). The number of carbonyl (C=O) groups excluding carboxylic acids is 1. The van der Waals surface area contributed by atoms with Gasteiger partial charge in [0, 0.05) is 0 Å². The average molecular weight is 214 g/mol. The zero-order chi connectivity index (χ0) is 11.2. The van der Waals surface area contributed by atoms with Crippen LogP contribution in [0, 0.1) is 11.5 Å². The zero-order valence-corrected chi connectivity index (χ0v) is 10.5. The maximum Gasteiger partial charge on any atom is 0.509 e. The highest BCUT2D eigenvalue weighted by molar-refractivity contribution is 6.83. The Balaban J connectivity index is 3.73. The van der Waals surface area contributed by atoms with Crippen molar-refractivity contribution < 1.29 is 14.3 Å². The van der Waals surface area contributed by atoms with Gasteiger partial charge in [0.05, 0.1) is 6.10 Å². The van der Waals surface area contributed by atoms with Gasteiger partial charge in [0.2, 0.25) is 0 Å². The summed E-state index contributed by atoms with van der Waals surface area (Å²) in [5, 5.41) is 0. The van der Waals surface area contributed by atoms with Gasteiger partial charge in [-0.2, -0.15) is 0 Å². The molecule has 0 aromatic heterocycles. The summed E-state index contributed by atoms with van der Waals surface area (Å²) in [6, 6.07) is 0. The molecule has 0 aliphatic carbocycles. The van der Waals surface area contributed by atoms with E-state index in [-0.39, 0.29) is 12.7 Å². The van der Waals surface area contributed by atoms with E-state index in [4.69, 9.17) is 9.47 Å². The van der Waals surface area contributed by atoms with Gasteiger partial charge in [0.15, 0.2) is 6.61 Å². The number of ether oxygens (including phenoxy) is 2. The van der Waals surface area contributed by atoms with Crippen LogP contribution >= 0.6 is 0 Å². The molecule has 0 aromatic carbocycles. The van der Waals surface area contributed by atoms with Crippen molar-refractivity contribution in [2.75, 3.05) is 6.61 Å². The number of carbonyl (C=O) groups is 1. The van der Waals surface area contributed by atoms with Crippen molar-refractivity contribution in [2.45, 2.75) is 39.6 Å². The predicted octanol–water partition coefficient (Wildman–Crippen LogP) is 2.43. The summed E-state index contributed by atoms with van der Waals surface area (Å²) in [5.41, 5.74) is 3.09. The number of hydrogen-bond acceptors (Lipinski definition) is 3. The molecule has 4 heteroatoms. The quantitative estimate of drug-likeness (QED) is 0.402. The van der Waals surface area contributed by atoms with E-state index in [0.717, 1.165) is 0 Å². The van der Waals surface area contributed by atoms with Gasteiger partial charge in [-0.05, 0) is 13.8 Å². The van der Waals surface area contributed by atoms with E-state index in [1.807, 2.05) is 0 Å². The molecule has 80 valence electrons. The van der Waals surface area contributed by atoms with Crippen molar-refractivity contribution in [3.8, 4) is 11.5 Å². The third kappa shape index (κ3) is 9.14. The van der Waals surface area contributed by atoms with Gasteiger partial charge in [-0.15, -0.1) is 5.54 Å². The largest absolute Gasteiger partial charge is 0.509 e. The molecular formula is C10H18O3Si. The summed E-state index contributed by atoms with van der Waals surface area (Å²) in [5.74, 6) is 2.82. The highest BCUT2D eigenvalue weighted by atomic mass is 28.3. The van der Waals surface area contributed by atoms with Crippen molar-refractivity contribution in [1.29, 1.82) is 0 Å². The predicted molar refractivity (Wildman–Crippen MR) is 58.7 cm³/mol. The molecule has 0 spiro atoms. The Morgan fingerprint density at radius 3 is 2.36 bits per heavy atom.